The lowest BCUT2D eigenvalue weighted by Crippen LogP contribution is -2.30. The van der Waals surface area contributed by atoms with Crippen LogP contribution in [-0.2, 0) is 0 Å². The first-order valence-corrected chi connectivity index (χ1v) is 7.46. The Morgan fingerprint density at radius 1 is 1.47 bits per heavy atom. The molecule has 92 valence electrons. The van der Waals surface area contributed by atoms with Crippen LogP contribution in [0.1, 0.15) is 28.8 Å². The number of amides is 1. The average Bonchev–Trinajstić information content (AvgIpc) is 3.07. The van der Waals surface area contributed by atoms with Gasteiger partial charge in [0.2, 0.25) is 0 Å². The van der Waals surface area contributed by atoms with E-state index in [9.17, 15) is 4.79 Å². The highest BCUT2D eigenvalue weighted by Crippen LogP contribution is 2.36. The Balaban J connectivity index is 1.94. The van der Waals surface area contributed by atoms with Crippen molar-refractivity contribution in [2.45, 2.75) is 24.6 Å². The summed E-state index contributed by atoms with van der Waals surface area (Å²) in [5.74, 6) is 0.749. The van der Waals surface area contributed by atoms with Crippen molar-refractivity contribution in [2.75, 3.05) is 6.54 Å². The maximum atomic E-state index is 11.9. The van der Waals surface area contributed by atoms with Crippen LogP contribution < -0.4 is 5.32 Å². The molecule has 0 heterocycles. The predicted molar refractivity (Wildman–Crippen MR) is 76.7 cm³/mol. The van der Waals surface area contributed by atoms with Gasteiger partial charge in [0.1, 0.15) is 0 Å². The summed E-state index contributed by atoms with van der Waals surface area (Å²) in [5.41, 5.74) is 1.80. The largest absolute Gasteiger partial charge is 0.351 e. The van der Waals surface area contributed by atoms with Crippen LogP contribution in [0.5, 0.6) is 0 Å². The fourth-order valence-corrected chi connectivity index (χ4v) is 3.08. The molecule has 0 aliphatic heterocycles. The van der Waals surface area contributed by atoms with E-state index >= 15 is 0 Å². The SMILES string of the molecule is Cc1cc(Br)cc(C(=O)NCC(Br)C2CC2)c1. The first-order chi connectivity index (χ1) is 8.06. The van der Waals surface area contributed by atoms with Crippen molar-refractivity contribution in [2.24, 2.45) is 5.92 Å². The standard InChI is InChI=1S/C13H15Br2NO/c1-8-4-10(6-11(14)5-8)13(17)16-7-12(15)9-2-3-9/h4-6,9,12H,2-3,7H2,1H3,(H,16,17). The molecule has 4 heteroatoms. The van der Waals surface area contributed by atoms with E-state index in [0.717, 1.165) is 16.0 Å². The number of hydrogen-bond donors (Lipinski definition) is 1. The fourth-order valence-electron chi connectivity index (χ4n) is 1.78. The van der Waals surface area contributed by atoms with Crippen LogP contribution in [0.3, 0.4) is 0 Å². The van der Waals surface area contributed by atoms with Gasteiger partial charge in [0.25, 0.3) is 5.91 Å². The van der Waals surface area contributed by atoms with Gasteiger partial charge in [-0.15, -0.1) is 0 Å². The molecule has 1 N–H and O–H groups in total. The maximum Gasteiger partial charge on any atom is 0.251 e. The van der Waals surface area contributed by atoms with Gasteiger partial charge in [0.05, 0.1) is 0 Å². The van der Waals surface area contributed by atoms with Gasteiger partial charge in [-0.25, -0.2) is 0 Å². The molecular weight excluding hydrogens is 346 g/mol. The molecule has 0 radical (unpaired) electrons. The highest BCUT2D eigenvalue weighted by molar-refractivity contribution is 9.10. The van der Waals surface area contributed by atoms with E-state index < -0.39 is 0 Å². The third-order valence-corrected chi connectivity index (χ3v) is 4.42. The third kappa shape index (κ3) is 3.81. The van der Waals surface area contributed by atoms with E-state index in [1.807, 2.05) is 25.1 Å². The smallest absolute Gasteiger partial charge is 0.251 e. The quantitative estimate of drug-likeness (QED) is 0.815. The highest BCUT2D eigenvalue weighted by Gasteiger charge is 2.29. The molecule has 1 amide bonds. The van der Waals surface area contributed by atoms with E-state index in [0.29, 0.717) is 16.9 Å². The molecule has 0 spiro atoms. The molecule has 0 aromatic heterocycles. The van der Waals surface area contributed by atoms with E-state index in [-0.39, 0.29) is 5.91 Å². The van der Waals surface area contributed by atoms with Gasteiger partial charge in [0, 0.05) is 21.4 Å². The number of carbonyl (C=O) groups is 1. The molecular formula is C13H15Br2NO. The lowest BCUT2D eigenvalue weighted by atomic mass is 10.1. The molecule has 1 unspecified atom stereocenters. The van der Waals surface area contributed by atoms with Crippen LogP contribution in [0.2, 0.25) is 0 Å². The molecule has 17 heavy (non-hydrogen) atoms. The van der Waals surface area contributed by atoms with Crippen molar-refractivity contribution in [3.63, 3.8) is 0 Å². The summed E-state index contributed by atoms with van der Waals surface area (Å²) < 4.78 is 0.945. The Hall–Kier alpha value is -0.350. The monoisotopic (exact) mass is 359 g/mol. The summed E-state index contributed by atoms with van der Waals surface area (Å²) in [4.78, 5) is 12.4. The lowest BCUT2D eigenvalue weighted by Gasteiger charge is -2.10. The van der Waals surface area contributed by atoms with Gasteiger partial charge in [-0.1, -0.05) is 31.9 Å². The second kappa shape index (κ2) is 5.53. The summed E-state index contributed by atoms with van der Waals surface area (Å²) in [6, 6.07) is 5.75. The molecule has 2 nitrogen and oxygen atoms in total. The zero-order valence-electron chi connectivity index (χ0n) is 9.67. The van der Waals surface area contributed by atoms with Crippen LogP contribution in [0, 0.1) is 12.8 Å². The molecule has 1 saturated carbocycles. The summed E-state index contributed by atoms with van der Waals surface area (Å²) in [5, 5.41) is 2.97. The first-order valence-electron chi connectivity index (χ1n) is 5.76. The number of benzene rings is 1. The molecule has 1 aliphatic rings. The van der Waals surface area contributed by atoms with Crippen LogP contribution in [-0.4, -0.2) is 17.3 Å². The first kappa shape index (κ1) is 13.1. The van der Waals surface area contributed by atoms with Crippen molar-refractivity contribution < 1.29 is 4.79 Å². The minimum Gasteiger partial charge on any atom is -0.351 e. The molecule has 2 rings (SSSR count). The fraction of sp³-hybridized carbons (Fsp3) is 0.462. The normalized spacial score (nSPS) is 16.6. The van der Waals surface area contributed by atoms with Crippen molar-refractivity contribution in [1.82, 2.24) is 5.32 Å². The van der Waals surface area contributed by atoms with E-state index in [4.69, 9.17) is 0 Å². The Bertz CT molecular complexity index is 409. The van der Waals surface area contributed by atoms with Crippen molar-refractivity contribution in [1.29, 1.82) is 0 Å². The van der Waals surface area contributed by atoms with Gasteiger partial charge in [0.15, 0.2) is 0 Å². The minimum atomic E-state index is -0.000463. The minimum absolute atomic E-state index is 0.000463. The molecule has 1 aromatic rings. The molecule has 0 saturated heterocycles. The summed E-state index contributed by atoms with van der Waals surface area (Å²) in [6.45, 7) is 2.69. The number of hydrogen-bond acceptors (Lipinski definition) is 1. The van der Waals surface area contributed by atoms with Crippen LogP contribution in [0.15, 0.2) is 22.7 Å². The van der Waals surface area contributed by atoms with Crippen LogP contribution in [0.25, 0.3) is 0 Å². The van der Waals surface area contributed by atoms with Gasteiger partial charge < -0.3 is 5.32 Å². The van der Waals surface area contributed by atoms with Crippen molar-refractivity contribution >= 4 is 37.8 Å². The average molecular weight is 361 g/mol. The molecule has 1 aromatic carbocycles. The molecule has 1 aliphatic carbocycles. The number of halogens is 2. The second-order valence-corrected chi connectivity index (χ2v) is 6.67. The van der Waals surface area contributed by atoms with Crippen molar-refractivity contribution in [3.05, 3.63) is 33.8 Å². The van der Waals surface area contributed by atoms with E-state index in [1.54, 1.807) is 0 Å². The number of alkyl halides is 1. The number of carbonyl (C=O) groups excluding carboxylic acids is 1. The second-order valence-electron chi connectivity index (χ2n) is 4.58. The van der Waals surface area contributed by atoms with Gasteiger partial charge in [-0.3, -0.25) is 4.79 Å². The zero-order valence-corrected chi connectivity index (χ0v) is 12.8. The highest BCUT2D eigenvalue weighted by atomic mass is 79.9. The van der Waals surface area contributed by atoms with Crippen LogP contribution >= 0.6 is 31.9 Å². The zero-order chi connectivity index (χ0) is 12.4. The Morgan fingerprint density at radius 2 is 2.18 bits per heavy atom. The Kier molecular flexibility index (Phi) is 4.26. The molecule has 1 fully saturated rings. The Morgan fingerprint density at radius 3 is 2.76 bits per heavy atom. The van der Waals surface area contributed by atoms with Crippen LogP contribution in [0.4, 0.5) is 0 Å². The summed E-state index contributed by atoms with van der Waals surface area (Å²) in [6.07, 6.45) is 2.56. The van der Waals surface area contributed by atoms with Crippen molar-refractivity contribution in [3.8, 4) is 0 Å². The molecule has 1 atom stereocenters. The lowest BCUT2D eigenvalue weighted by molar-refractivity contribution is 0.0953. The number of aryl methyl sites for hydroxylation is 1. The topological polar surface area (TPSA) is 29.1 Å². The predicted octanol–water partition coefficient (Wildman–Crippen LogP) is 3.66. The van der Waals surface area contributed by atoms with Gasteiger partial charge >= 0.3 is 0 Å². The maximum absolute atomic E-state index is 11.9. The summed E-state index contributed by atoms with van der Waals surface area (Å²) >= 11 is 7.02. The Labute approximate surface area is 118 Å². The molecule has 0 bridgehead atoms. The van der Waals surface area contributed by atoms with Gasteiger partial charge in [-0.2, -0.15) is 0 Å². The summed E-state index contributed by atoms with van der Waals surface area (Å²) in [7, 11) is 0. The van der Waals surface area contributed by atoms with Gasteiger partial charge in [-0.05, 0) is 49.4 Å². The van der Waals surface area contributed by atoms with E-state index in [2.05, 4.69) is 37.2 Å². The third-order valence-electron chi connectivity index (χ3n) is 2.90. The van der Waals surface area contributed by atoms with E-state index in [1.165, 1.54) is 12.8 Å². The number of rotatable bonds is 4. The number of nitrogens with one attached hydrogen (secondary N) is 1.